The number of nitrogens with zero attached hydrogens (tertiary/aromatic N) is 2. The zero-order chi connectivity index (χ0) is 15.0. The van der Waals surface area contributed by atoms with Crippen LogP contribution in [0.1, 0.15) is 25.3 Å². The molecular weight excluding hydrogens is 308 g/mol. The second kappa shape index (κ2) is 5.78. The first-order valence-corrected chi connectivity index (χ1v) is 9.40. The van der Waals surface area contributed by atoms with Crippen LogP contribution in [-0.4, -0.2) is 37.7 Å². The van der Waals surface area contributed by atoms with E-state index in [0.717, 1.165) is 30.5 Å². The van der Waals surface area contributed by atoms with Gasteiger partial charge in [0.05, 0.1) is 5.69 Å². The summed E-state index contributed by atoms with van der Waals surface area (Å²) in [4.78, 5) is 0. The average molecular weight is 329 g/mol. The minimum absolute atomic E-state index is 0.0156. The maximum Gasteiger partial charge on any atom is 0.304 e. The topological polar surface area (TPSA) is 40.6 Å². The molecular formula is C15H21ClN2O2S. The molecule has 2 aliphatic rings. The van der Waals surface area contributed by atoms with Crippen LogP contribution in [0, 0.1) is 5.92 Å². The normalized spacial score (nSPS) is 24.3. The Hall–Kier alpha value is -0.780. The number of halogens is 1. The number of alkyl halides is 1. The Morgan fingerprint density at radius 2 is 1.90 bits per heavy atom. The third-order valence-electron chi connectivity index (χ3n) is 4.51. The van der Waals surface area contributed by atoms with Crippen LogP contribution in [0.3, 0.4) is 0 Å². The Labute approximate surface area is 131 Å². The summed E-state index contributed by atoms with van der Waals surface area (Å²) in [5.74, 6) is 1.07. The largest absolute Gasteiger partial charge is 0.304 e. The standard InChI is InChI=1S/C15H21ClN2O2S/c1-12-10-14-4-2-3-5-15(14)18(12)21(19,20)17-8-6-13(11-16)7-9-17/h2-5,12-13H,6-11H2,1H3. The lowest BCUT2D eigenvalue weighted by atomic mass is 10.0. The average Bonchev–Trinajstić information content (AvgIpc) is 2.83. The molecule has 0 bridgehead atoms. The molecule has 0 amide bonds. The highest BCUT2D eigenvalue weighted by molar-refractivity contribution is 7.90. The van der Waals surface area contributed by atoms with Crippen LogP contribution >= 0.6 is 11.6 Å². The van der Waals surface area contributed by atoms with Crippen molar-refractivity contribution in [3.63, 3.8) is 0 Å². The van der Waals surface area contributed by atoms with Gasteiger partial charge in [0.2, 0.25) is 0 Å². The van der Waals surface area contributed by atoms with Crippen molar-refractivity contribution in [2.75, 3.05) is 23.3 Å². The molecule has 1 saturated heterocycles. The number of piperidine rings is 1. The molecule has 1 aromatic rings. The molecule has 0 aromatic heterocycles. The summed E-state index contributed by atoms with van der Waals surface area (Å²) in [6.45, 7) is 3.12. The lowest BCUT2D eigenvalue weighted by Crippen LogP contribution is -2.49. The van der Waals surface area contributed by atoms with E-state index in [1.54, 1.807) is 8.61 Å². The van der Waals surface area contributed by atoms with Gasteiger partial charge in [0.25, 0.3) is 0 Å². The SMILES string of the molecule is CC1Cc2ccccc2N1S(=O)(=O)N1CCC(CCl)CC1. The third-order valence-corrected chi connectivity index (χ3v) is 7.02. The molecule has 1 unspecified atom stereocenters. The van der Waals surface area contributed by atoms with Gasteiger partial charge in [0.15, 0.2) is 0 Å². The summed E-state index contributed by atoms with van der Waals surface area (Å²) in [7, 11) is -3.43. The van der Waals surface area contributed by atoms with Crippen LogP contribution in [0.5, 0.6) is 0 Å². The van der Waals surface area contributed by atoms with E-state index in [-0.39, 0.29) is 6.04 Å². The fourth-order valence-electron chi connectivity index (χ4n) is 3.31. The summed E-state index contributed by atoms with van der Waals surface area (Å²) in [5, 5.41) is 0. The number of fused-ring (bicyclic) bond motifs is 1. The van der Waals surface area contributed by atoms with Gasteiger partial charge in [0.1, 0.15) is 0 Å². The minimum Gasteiger partial charge on any atom is -0.254 e. The van der Waals surface area contributed by atoms with E-state index in [1.165, 1.54) is 0 Å². The smallest absolute Gasteiger partial charge is 0.254 e. The Kier molecular flexibility index (Phi) is 4.17. The molecule has 1 aromatic carbocycles. The first-order chi connectivity index (χ1) is 10.0. The summed E-state index contributed by atoms with van der Waals surface area (Å²) in [6, 6.07) is 7.77. The number of rotatable bonds is 3. The molecule has 2 heterocycles. The molecule has 3 rings (SSSR count). The predicted molar refractivity (Wildman–Crippen MR) is 86.0 cm³/mol. The van der Waals surface area contributed by atoms with Gasteiger partial charge in [-0.2, -0.15) is 12.7 Å². The van der Waals surface area contributed by atoms with Crippen LogP contribution in [0.4, 0.5) is 5.69 Å². The van der Waals surface area contributed by atoms with E-state index < -0.39 is 10.2 Å². The highest BCUT2D eigenvalue weighted by Gasteiger charge is 2.39. The van der Waals surface area contributed by atoms with Crippen molar-refractivity contribution in [1.82, 2.24) is 4.31 Å². The van der Waals surface area contributed by atoms with E-state index in [9.17, 15) is 8.42 Å². The van der Waals surface area contributed by atoms with E-state index >= 15 is 0 Å². The molecule has 0 saturated carbocycles. The first kappa shape index (κ1) is 15.1. The maximum atomic E-state index is 13.0. The second-order valence-electron chi connectivity index (χ2n) is 5.98. The molecule has 4 nitrogen and oxygen atoms in total. The van der Waals surface area contributed by atoms with Crippen molar-refractivity contribution >= 4 is 27.5 Å². The fraction of sp³-hybridized carbons (Fsp3) is 0.600. The first-order valence-electron chi connectivity index (χ1n) is 7.47. The number of anilines is 1. The minimum atomic E-state index is -3.43. The van der Waals surface area contributed by atoms with E-state index in [4.69, 9.17) is 11.6 Å². The summed E-state index contributed by atoms with van der Waals surface area (Å²) in [6.07, 6.45) is 2.49. The third kappa shape index (κ3) is 2.67. The van der Waals surface area contributed by atoms with Crippen LogP contribution in [0.15, 0.2) is 24.3 Å². The summed E-state index contributed by atoms with van der Waals surface area (Å²) in [5.41, 5.74) is 1.95. The zero-order valence-electron chi connectivity index (χ0n) is 12.2. The van der Waals surface area contributed by atoms with Crippen molar-refractivity contribution < 1.29 is 8.42 Å². The summed E-state index contributed by atoms with van der Waals surface area (Å²) >= 11 is 5.88. The molecule has 116 valence electrons. The van der Waals surface area contributed by atoms with Crippen LogP contribution in [-0.2, 0) is 16.6 Å². The summed E-state index contributed by atoms with van der Waals surface area (Å²) < 4.78 is 29.2. The van der Waals surface area contributed by atoms with Crippen molar-refractivity contribution in [2.45, 2.75) is 32.2 Å². The number of hydrogen-bond donors (Lipinski definition) is 0. The molecule has 1 fully saturated rings. The Morgan fingerprint density at radius 3 is 2.57 bits per heavy atom. The van der Waals surface area contributed by atoms with Gasteiger partial charge in [-0.25, -0.2) is 0 Å². The highest BCUT2D eigenvalue weighted by atomic mass is 35.5. The number of benzene rings is 1. The van der Waals surface area contributed by atoms with Crippen molar-refractivity contribution in [3.8, 4) is 0 Å². The van der Waals surface area contributed by atoms with Gasteiger partial charge in [-0.15, -0.1) is 11.6 Å². The number of hydrogen-bond acceptors (Lipinski definition) is 2. The zero-order valence-corrected chi connectivity index (χ0v) is 13.8. The van der Waals surface area contributed by atoms with Gasteiger partial charge >= 0.3 is 10.2 Å². The van der Waals surface area contributed by atoms with Crippen molar-refractivity contribution in [3.05, 3.63) is 29.8 Å². The van der Waals surface area contributed by atoms with Crippen molar-refractivity contribution in [1.29, 1.82) is 0 Å². The van der Waals surface area contributed by atoms with E-state index in [2.05, 4.69) is 0 Å². The Balaban J connectivity index is 1.86. The van der Waals surface area contributed by atoms with E-state index in [1.807, 2.05) is 31.2 Å². The quantitative estimate of drug-likeness (QED) is 0.800. The predicted octanol–water partition coefficient (Wildman–Crippen LogP) is 2.63. The number of para-hydroxylation sites is 1. The molecule has 0 N–H and O–H groups in total. The lowest BCUT2D eigenvalue weighted by Gasteiger charge is -2.35. The molecule has 0 aliphatic carbocycles. The molecule has 0 spiro atoms. The molecule has 0 radical (unpaired) electrons. The van der Waals surface area contributed by atoms with Gasteiger partial charge in [-0.3, -0.25) is 4.31 Å². The van der Waals surface area contributed by atoms with Crippen LogP contribution in [0.2, 0.25) is 0 Å². The Morgan fingerprint density at radius 1 is 1.24 bits per heavy atom. The second-order valence-corrected chi connectivity index (χ2v) is 8.10. The molecule has 21 heavy (non-hydrogen) atoms. The highest BCUT2D eigenvalue weighted by Crippen LogP contribution is 2.36. The van der Waals surface area contributed by atoms with Gasteiger partial charge < -0.3 is 0 Å². The van der Waals surface area contributed by atoms with Gasteiger partial charge in [-0.05, 0) is 43.7 Å². The molecule has 1 atom stereocenters. The lowest BCUT2D eigenvalue weighted by molar-refractivity contribution is 0.288. The monoisotopic (exact) mass is 328 g/mol. The van der Waals surface area contributed by atoms with Crippen LogP contribution in [0.25, 0.3) is 0 Å². The molecule has 2 aliphatic heterocycles. The maximum absolute atomic E-state index is 13.0. The van der Waals surface area contributed by atoms with Crippen LogP contribution < -0.4 is 4.31 Å². The molecule has 6 heteroatoms. The van der Waals surface area contributed by atoms with E-state index in [0.29, 0.717) is 24.9 Å². The van der Waals surface area contributed by atoms with Gasteiger partial charge in [0, 0.05) is 25.0 Å². The van der Waals surface area contributed by atoms with Crippen molar-refractivity contribution in [2.24, 2.45) is 5.92 Å². The van der Waals surface area contributed by atoms with Gasteiger partial charge in [-0.1, -0.05) is 18.2 Å². The fourth-order valence-corrected chi connectivity index (χ4v) is 5.49. The Bertz CT molecular complexity index is 612.